The Bertz CT molecular complexity index is 348. The number of nitrogens with one attached hydrogen (secondary N) is 1. The van der Waals surface area contributed by atoms with Gasteiger partial charge in [-0.3, -0.25) is 0 Å². The summed E-state index contributed by atoms with van der Waals surface area (Å²) in [4.78, 5) is 8.14. The Kier molecular flexibility index (Phi) is 3.99. The zero-order valence-electron chi connectivity index (χ0n) is 9.67. The van der Waals surface area contributed by atoms with E-state index < -0.39 is 0 Å². The first-order valence-electron chi connectivity index (χ1n) is 5.98. The lowest BCUT2D eigenvalue weighted by Crippen LogP contribution is -2.09. The van der Waals surface area contributed by atoms with E-state index in [2.05, 4.69) is 15.3 Å². The van der Waals surface area contributed by atoms with Gasteiger partial charge in [-0.25, -0.2) is 9.97 Å². The molecule has 1 saturated carbocycles. The third-order valence-corrected chi connectivity index (χ3v) is 3.72. The van der Waals surface area contributed by atoms with E-state index in [1.807, 2.05) is 6.92 Å². The van der Waals surface area contributed by atoms with Crippen LogP contribution < -0.4 is 5.32 Å². The Balaban J connectivity index is 1.82. The molecule has 1 heterocycles. The fraction of sp³-hybridized carbons (Fsp3) is 0.667. The first kappa shape index (κ1) is 11.6. The van der Waals surface area contributed by atoms with Gasteiger partial charge < -0.3 is 5.32 Å². The van der Waals surface area contributed by atoms with Crippen molar-refractivity contribution < 1.29 is 0 Å². The van der Waals surface area contributed by atoms with E-state index in [4.69, 9.17) is 11.6 Å². The molecule has 0 bridgehead atoms. The van der Waals surface area contributed by atoms with E-state index >= 15 is 0 Å². The van der Waals surface area contributed by atoms with Crippen molar-refractivity contribution in [2.24, 2.45) is 5.92 Å². The fourth-order valence-electron chi connectivity index (χ4n) is 2.30. The predicted octanol–water partition coefficient (Wildman–Crippen LogP) is 3.43. The maximum atomic E-state index is 5.93. The Hall–Kier alpha value is -0.830. The van der Waals surface area contributed by atoms with Crippen LogP contribution in [0.1, 0.15) is 37.7 Å². The largest absolute Gasteiger partial charge is 0.370 e. The smallest absolute Gasteiger partial charge is 0.137 e. The molecule has 0 radical (unpaired) electrons. The van der Waals surface area contributed by atoms with Crippen LogP contribution in [0.3, 0.4) is 0 Å². The molecule has 1 aliphatic carbocycles. The van der Waals surface area contributed by atoms with Crippen LogP contribution in [0, 0.1) is 12.8 Å². The van der Waals surface area contributed by atoms with Crippen molar-refractivity contribution in [1.82, 2.24) is 9.97 Å². The summed E-state index contributed by atoms with van der Waals surface area (Å²) in [5.74, 6) is 1.78. The van der Waals surface area contributed by atoms with Crippen LogP contribution in [0.25, 0.3) is 0 Å². The highest BCUT2D eigenvalue weighted by molar-refractivity contribution is 6.30. The normalized spacial score (nSPS) is 16.6. The standard InChI is InChI=1S/C12H18ClN3/c1-9-11(13)15-8-16-12(9)14-7-6-10-4-2-3-5-10/h8,10H,2-7H2,1H3,(H,14,15,16). The summed E-state index contributed by atoms with van der Waals surface area (Å²) in [6.07, 6.45) is 8.34. The lowest BCUT2D eigenvalue weighted by atomic mass is 10.0. The Morgan fingerprint density at radius 3 is 2.88 bits per heavy atom. The molecular weight excluding hydrogens is 222 g/mol. The van der Waals surface area contributed by atoms with E-state index in [0.717, 1.165) is 23.8 Å². The summed E-state index contributed by atoms with van der Waals surface area (Å²) >= 11 is 5.93. The van der Waals surface area contributed by atoms with Crippen LogP contribution in [0.15, 0.2) is 6.33 Å². The van der Waals surface area contributed by atoms with Gasteiger partial charge >= 0.3 is 0 Å². The number of hydrogen-bond acceptors (Lipinski definition) is 3. The molecule has 1 N–H and O–H groups in total. The van der Waals surface area contributed by atoms with Crippen molar-refractivity contribution in [3.63, 3.8) is 0 Å². The number of halogens is 1. The summed E-state index contributed by atoms with van der Waals surface area (Å²) < 4.78 is 0. The van der Waals surface area contributed by atoms with Gasteiger partial charge in [0.2, 0.25) is 0 Å². The molecule has 0 aliphatic heterocycles. The van der Waals surface area contributed by atoms with Gasteiger partial charge in [-0.05, 0) is 19.3 Å². The molecule has 1 aromatic heterocycles. The zero-order chi connectivity index (χ0) is 11.4. The summed E-state index contributed by atoms with van der Waals surface area (Å²) in [6.45, 7) is 2.93. The van der Waals surface area contributed by atoms with Gasteiger partial charge in [0.1, 0.15) is 17.3 Å². The van der Waals surface area contributed by atoms with Crippen molar-refractivity contribution in [3.8, 4) is 0 Å². The average molecular weight is 240 g/mol. The highest BCUT2D eigenvalue weighted by Crippen LogP contribution is 2.27. The van der Waals surface area contributed by atoms with E-state index in [1.165, 1.54) is 38.4 Å². The molecule has 2 rings (SSSR count). The Morgan fingerprint density at radius 2 is 2.12 bits per heavy atom. The monoisotopic (exact) mass is 239 g/mol. The van der Waals surface area contributed by atoms with Crippen LogP contribution in [-0.4, -0.2) is 16.5 Å². The van der Waals surface area contributed by atoms with Gasteiger partial charge in [-0.15, -0.1) is 0 Å². The third kappa shape index (κ3) is 2.85. The molecule has 1 aromatic rings. The predicted molar refractivity (Wildman–Crippen MR) is 66.8 cm³/mol. The van der Waals surface area contributed by atoms with Crippen molar-refractivity contribution >= 4 is 17.4 Å². The summed E-state index contributed by atoms with van der Waals surface area (Å²) in [5, 5.41) is 3.89. The molecule has 16 heavy (non-hydrogen) atoms. The Labute approximate surface area is 102 Å². The molecular formula is C12H18ClN3. The molecule has 0 atom stereocenters. The van der Waals surface area contributed by atoms with Crippen molar-refractivity contribution in [2.75, 3.05) is 11.9 Å². The molecule has 0 spiro atoms. The van der Waals surface area contributed by atoms with E-state index in [0.29, 0.717) is 5.15 Å². The second kappa shape index (κ2) is 5.48. The molecule has 88 valence electrons. The topological polar surface area (TPSA) is 37.8 Å². The van der Waals surface area contributed by atoms with Crippen LogP contribution >= 0.6 is 11.6 Å². The Morgan fingerprint density at radius 1 is 1.38 bits per heavy atom. The first-order valence-corrected chi connectivity index (χ1v) is 6.36. The quantitative estimate of drug-likeness (QED) is 0.818. The summed E-state index contributed by atoms with van der Waals surface area (Å²) in [5.41, 5.74) is 0.940. The molecule has 1 fully saturated rings. The second-order valence-electron chi connectivity index (χ2n) is 4.50. The maximum Gasteiger partial charge on any atom is 0.137 e. The van der Waals surface area contributed by atoms with Crippen molar-refractivity contribution in [1.29, 1.82) is 0 Å². The minimum Gasteiger partial charge on any atom is -0.370 e. The number of rotatable bonds is 4. The molecule has 0 aromatic carbocycles. The van der Waals surface area contributed by atoms with E-state index in [-0.39, 0.29) is 0 Å². The average Bonchev–Trinajstić information content (AvgIpc) is 2.77. The highest BCUT2D eigenvalue weighted by Gasteiger charge is 2.14. The van der Waals surface area contributed by atoms with Gasteiger partial charge in [0.25, 0.3) is 0 Å². The molecule has 1 aliphatic rings. The number of anilines is 1. The fourth-order valence-corrected chi connectivity index (χ4v) is 2.43. The maximum absolute atomic E-state index is 5.93. The number of aromatic nitrogens is 2. The van der Waals surface area contributed by atoms with Gasteiger partial charge in [0.05, 0.1) is 0 Å². The first-order chi connectivity index (χ1) is 7.77. The van der Waals surface area contributed by atoms with Crippen LogP contribution in [-0.2, 0) is 0 Å². The van der Waals surface area contributed by atoms with Gasteiger partial charge in [0.15, 0.2) is 0 Å². The minimum absolute atomic E-state index is 0.540. The zero-order valence-corrected chi connectivity index (χ0v) is 10.4. The van der Waals surface area contributed by atoms with E-state index in [1.54, 1.807) is 0 Å². The van der Waals surface area contributed by atoms with Gasteiger partial charge in [-0.2, -0.15) is 0 Å². The lowest BCUT2D eigenvalue weighted by molar-refractivity contribution is 0.518. The molecule has 0 saturated heterocycles. The summed E-state index contributed by atoms with van der Waals surface area (Å²) in [7, 11) is 0. The van der Waals surface area contributed by atoms with Crippen molar-refractivity contribution in [2.45, 2.75) is 39.0 Å². The molecule has 0 amide bonds. The third-order valence-electron chi connectivity index (χ3n) is 3.34. The van der Waals surface area contributed by atoms with Crippen LogP contribution in [0.4, 0.5) is 5.82 Å². The van der Waals surface area contributed by atoms with Gasteiger partial charge in [-0.1, -0.05) is 37.3 Å². The van der Waals surface area contributed by atoms with Crippen LogP contribution in [0.5, 0.6) is 0 Å². The lowest BCUT2D eigenvalue weighted by Gasteiger charge is -2.11. The van der Waals surface area contributed by atoms with E-state index in [9.17, 15) is 0 Å². The van der Waals surface area contributed by atoms with Crippen molar-refractivity contribution in [3.05, 3.63) is 17.0 Å². The molecule has 3 nitrogen and oxygen atoms in total. The van der Waals surface area contributed by atoms with Gasteiger partial charge in [0, 0.05) is 12.1 Å². The minimum atomic E-state index is 0.540. The SMILES string of the molecule is Cc1c(Cl)ncnc1NCCC1CCCC1. The van der Waals surface area contributed by atoms with Crippen LogP contribution in [0.2, 0.25) is 5.15 Å². The second-order valence-corrected chi connectivity index (χ2v) is 4.86. The summed E-state index contributed by atoms with van der Waals surface area (Å²) in [6, 6.07) is 0. The highest BCUT2D eigenvalue weighted by atomic mass is 35.5. The number of nitrogens with zero attached hydrogens (tertiary/aromatic N) is 2. The number of hydrogen-bond donors (Lipinski definition) is 1. The molecule has 4 heteroatoms. The molecule has 0 unspecified atom stereocenters.